The van der Waals surface area contributed by atoms with E-state index in [1.807, 2.05) is 19.1 Å². The third-order valence-corrected chi connectivity index (χ3v) is 4.56. The molecule has 1 aliphatic rings. The van der Waals surface area contributed by atoms with Crippen molar-refractivity contribution in [3.05, 3.63) is 29.8 Å². The zero-order chi connectivity index (χ0) is 12.3. The van der Waals surface area contributed by atoms with Crippen molar-refractivity contribution in [2.75, 3.05) is 13.1 Å². The molecule has 1 fully saturated rings. The van der Waals surface area contributed by atoms with Gasteiger partial charge < -0.3 is 5.32 Å². The molecule has 0 saturated carbocycles. The van der Waals surface area contributed by atoms with Gasteiger partial charge in [0.1, 0.15) is 0 Å². The fraction of sp³-hybridized carbons (Fsp3) is 0.500. The summed E-state index contributed by atoms with van der Waals surface area (Å²) in [5, 5.41) is 3.14. The monoisotopic (exact) mass is 254 g/mol. The van der Waals surface area contributed by atoms with Crippen molar-refractivity contribution in [2.45, 2.75) is 30.7 Å². The maximum atomic E-state index is 12.0. The molecule has 0 spiro atoms. The first-order valence-corrected chi connectivity index (χ1v) is 7.42. The Bertz CT molecular complexity index is 462. The van der Waals surface area contributed by atoms with Crippen molar-refractivity contribution >= 4 is 10.0 Å². The normalized spacial score (nSPS) is 20.6. The predicted octanol–water partition coefficient (Wildman–Crippen LogP) is 0.889. The van der Waals surface area contributed by atoms with Gasteiger partial charge in [-0.05, 0) is 37.1 Å². The lowest BCUT2D eigenvalue weighted by atomic mass is 10.2. The molecule has 1 heterocycles. The zero-order valence-electron chi connectivity index (χ0n) is 9.94. The quantitative estimate of drug-likeness (QED) is 0.839. The first-order chi connectivity index (χ1) is 8.12. The van der Waals surface area contributed by atoms with Gasteiger partial charge in [-0.1, -0.05) is 19.1 Å². The van der Waals surface area contributed by atoms with Crippen LogP contribution in [0.25, 0.3) is 0 Å². The summed E-state index contributed by atoms with van der Waals surface area (Å²) in [6.45, 7) is 3.64. The second-order valence-electron chi connectivity index (χ2n) is 4.31. The van der Waals surface area contributed by atoms with E-state index in [0.29, 0.717) is 11.4 Å². The van der Waals surface area contributed by atoms with E-state index < -0.39 is 10.0 Å². The second-order valence-corrected chi connectivity index (χ2v) is 6.02. The zero-order valence-corrected chi connectivity index (χ0v) is 10.8. The maximum absolute atomic E-state index is 12.0. The average molecular weight is 254 g/mol. The molecule has 1 saturated heterocycles. The molecule has 4 nitrogen and oxygen atoms in total. The Kier molecular flexibility index (Phi) is 3.81. The van der Waals surface area contributed by atoms with E-state index in [0.717, 1.165) is 24.9 Å². The predicted molar refractivity (Wildman–Crippen MR) is 67.4 cm³/mol. The number of rotatable bonds is 4. The molecule has 17 heavy (non-hydrogen) atoms. The highest BCUT2D eigenvalue weighted by molar-refractivity contribution is 7.89. The maximum Gasteiger partial charge on any atom is 0.240 e. The molecule has 1 unspecified atom stereocenters. The van der Waals surface area contributed by atoms with Crippen molar-refractivity contribution in [1.82, 2.24) is 10.0 Å². The molecule has 1 aromatic carbocycles. The van der Waals surface area contributed by atoms with E-state index in [1.54, 1.807) is 12.1 Å². The van der Waals surface area contributed by atoms with Crippen LogP contribution in [0.15, 0.2) is 29.2 Å². The highest BCUT2D eigenvalue weighted by atomic mass is 32.2. The highest BCUT2D eigenvalue weighted by Gasteiger charge is 2.22. The molecule has 0 aromatic heterocycles. The van der Waals surface area contributed by atoms with Crippen molar-refractivity contribution in [3.63, 3.8) is 0 Å². The second kappa shape index (κ2) is 5.16. The van der Waals surface area contributed by atoms with Crippen molar-refractivity contribution in [2.24, 2.45) is 0 Å². The lowest BCUT2D eigenvalue weighted by Gasteiger charge is -2.12. The Balaban J connectivity index is 2.12. The largest absolute Gasteiger partial charge is 0.315 e. The molecular formula is C12H18N2O2S. The SMILES string of the molecule is CCc1ccc(S(=O)(=O)NC2CCNC2)cc1. The number of hydrogen-bond acceptors (Lipinski definition) is 3. The third-order valence-electron chi connectivity index (χ3n) is 3.02. The molecule has 0 radical (unpaired) electrons. The summed E-state index contributed by atoms with van der Waals surface area (Å²) in [5.74, 6) is 0. The van der Waals surface area contributed by atoms with E-state index in [-0.39, 0.29) is 6.04 Å². The molecule has 0 aliphatic carbocycles. The van der Waals surface area contributed by atoms with Gasteiger partial charge in [0.25, 0.3) is 0 Å². The number of sulfonamides is 1. The summed E-state index contributed by atoms with van der Waals surface area (Å²) >= 11 is 0. The van der Waals surface area contributed by atoms with Crippen molar-refractivity contribution < 1.29 is 8.42 Å². The molecule has 2 rings (SSSR count). The molecular weight excluding hydrogens is 236 g/mol. The molecule has 94 valence electrons. The minimum Gasteiger partial charge on any atom is -0.315 e. The number of benzene rings is 1. The van der Waals surface area contributed by atoms with Gasteiger partial charge in [-0.25, -0.2) is 13.1 Å². The Hall–Kier alpha value is -0.910. The fourth-order valence-corrected chi connectivity index (χ4v) is 3.22. The first-order valence-electron chi connectivity index (χ1n) is 5.94. The van der Waals surface area contributed by atoms with Gasteiger partial charge in [0.2, 0.25) is 10.0 Å². The summed E-state index contributed by atoms with van der Waals surface area (Å²) < 4.78 is 26.8. The van der Waals surface area contributed by atoms with Gasteiger partial charge in [-0.3, -0.25) is 0 Å². The summed E-state index contributed by atoms with van der Waals surface area (Å²) in [4.78, 5) is 0.349. The van der Waals surface area contributed by atoms with Crippen LogP contribution in [0.1, 0.15) is 18.9 Å². The van der Waals surface area contributed by atoms with Crippen LogP contribution < -0.4 is 10.0 Å². The highest BCUT2D eigenvalue weighted by Crippen LogP contribution is 2.12. The molecule has 5 heteroatoms. The van der Waals surface area contributed by atoms with Crippen LogP contribution in [0.3, 0.4) is 0 Å². The minimum absolute atomic E-state index is 0.0193. The summed E-state index contributed by atoms with van der Waals surface area (Å²) in [5.41, 5.74) is 1.14. The standard InChI is InChI=1S/C12H18N2O2S/c1-2-10-3-5-12(6-4-10)17(15,16)14-11-7-8-13-9-11/h3-6,11,13-14H,2,7-9H2,1H3. The molecule has 1 aliphatic heterocycles. The lowest BCUT2D eigenvalue weighted by molar-refractivity contribution is 0.560. The van der Waals surface area contributed by atoms with Crippen LogP contribution in [0.4, 0.5) is 0 Å². The Morgan fingerprint density at radius 2 is 2.06 bits per heavy atom. The molecule has 0 amide bonds. The van der Waals surface area contributed by atoms with Crippen LogP contribution in [0.5, 0.6) is 0 Å². The Labute approximate surface area is 102 Å². The van der Waals surface area contributed by atoms with Crippen molar-refractivity contribution in [1.29, 1.82) is 0 Å². The lowest BCUT2D eigenvalue weighted by Crippen LogP contribution is -2.36. The Morgan fingerprint density at radius 3 is 2.59 bits per heavy atom. The minimum atomic E-state index is -3.36. The van der Waals surface area contributed by atoms with Gasteiger partial charge in [0, 0.05) is 12.6 Å². The molecule has 1 atom stereocenters. The van der Waals surface area contributed by atoms with Crippen LogP contribution in [0.2, 0.25) is 0 Å². The van der Waals surface area contributed by atoms with Crippen LogP contribution in [-0.4, -0.2) is 27.5 Å². The number of nitrogens with one attached hydrogen (secondary N) is 2. The van der Waals surface area contributed by atoms with Crippen LogP contribution in [0, 0.1) is 0 Å². The smallest absolute Gasteiger partial charge is 0.240 e. The van der Waals surface area contributed by atoms with E-state index >= 15 is 0 Å². The van der Waals surface area contributed by atoms with E-state index in [4.69, 9.17) is 0 Å². The van der Waals surface area contributed by atoms with Crippen LogP contribution in [-0.2, 0) is 16.4 Å². The summed E-state index contributed by atoms with van der Waals surface area (Å²) in [7, 11) is -3.36. The summed E-state index contributed by atoms with van der Waals surface area (Å²) in [6.07, 6.45) is 1.77. The number of hydrogen-bond donors (Lipinski definition) is 2. The fourth-order valence-electron chi connectivity index (χ4n) is 1.95. The van der Waals surface area contributed by atoms with E-state index in [1.165, 1.54) is 0 Å². The van der Waals surface area contributed by atoms with Crippen LogP contribution >= 0.6 is 0 Å². The first kappa shape index (κ1) is 12.5. The van der Waals surface area contributed by atoms with Gasteiger partial charge in [-0.15, -0.1) is 0 Å². The van der Waals surface area contributed by atoms with Gasteiger partial charge in [0.05, 0.1) is 4.90 Å². The average Bonchev–Trinajstić information content (AvgIpc) is 2.81. The topological polar surface area (TPSA) is 58.2 Å². The van der Waals surface area contributed by atoms with Gasteiger partial charge in [-0.2, -0.15) is 0 Å². The Morgan fingerprint density at radius 1 is 1.35 bits per heavy atom. The molecule has 1 aromatic rings. The third kappa shape index (κ3) is 3.06. The van der Waals surface area contributed by atoms with Crippen molar-refractivity contribution in [3.8, 4) is 0 Å². The van der Waals surface area contributed by atoms with Gasteiger partial charge in [0.15, 0.2) is 0 Å². The van der Waals surface area contributed by atoms with E-state index in [9.17, 15) is 8.42 Å². The summed E-state index contributed by atoms with van der Waals surface area (Å²) in [6, 6.07) is 7.08. The van der Waals surface area contributed by atoms with E-state index in [2.05, 4.69) is 10.0 Å². The van der Waals surface area contributed by atoms with Gasteiger partial charge >= 0.3 is 0 Å². The molecule has 0 bridgehead atoms. The number of aryl methyl sites for hydroxylation is 1. The molecule has 2 N–H and O–H groups in total.